The van der Waals surface area contributed by atoms with Crippen molar-refractivity contribution >= 4 is 27.6 Å². The van der Waals surface area contributed by atoms with E-state index < -0.39 is 0 Å². The van der Waals surface area contributed by atoms with Crippen LogP contribution in [0.15, 0.2) is 16.6 Å². The third-order valence-corrected chi connectivity index (χ3v) is 4.53. The fourth-order valence-electron chi connectivity index (χ4n) is 2.60. The van der Waals surface area contributed by atoms with Gasteiger partial charge in [-0.1, -0.05) is 15.9 Å². The van der Waals surface area contributed by atoms with Gasteiger partial charge in [0.2, 0.25) is 0 Å². The van der Waals surface area contributed by atoms with Crippen molar-refractivity contribution in [1.29, 1.82) is 0 Å². The summed E-state index contributed by atoms with van der Waals surface area (Å²) in [4.78, 5) is 14.2. The van der Waals surface area contributed by atoms with Crippen molar-refractivity contribution in [2.45, 2.75) is 25.9 Å². The van der Waals surface area contributed by atoms with E-state index in [1.54, 1.807) is 13.0 Å². The molecule has 116 valence electrons. The molecule has 1 fully saturated rings. The Hall–Kier alpha value is -1.11. The summed E-state index contributed by atoms with van der Waals surface area (Å²) in [6, 6.07) is 4.18. The molecule has 2 rings (SSSR count). The highest BCUT2D eigenvalue weighted by atomic mass is 79.9. The average Bonchev–Trinajstić information content (AvgIpc) is 2.90. The molecule has 5 nitrogen and oxygen atoms in total. The number of benzene rings is 1. The second-order valence-electron chi connectivity index (χ2n) is 5.26. The number of halogens is 1. The predicted octanol–water partition coefficient (Wildman–Crippen LogP) is 2.00. The maximum atomic E-state index is 11.8. The van der Waals surface area contributed by atoms with Gasteiger partial charge in [0, 0.05) is 35.8 Å². The van der Waals surface area contributed by atoms with E-state index in [0.29, 0.717) is 23.9 Å². The number of carbonyl (C=O) groups excluding carboxylic acids is 1. The van der Waals surface area contributed by atoms with E-state index in [9.17, 15) is 4.79 Å². The molecule has 1 heterocycles. The SMILES string of the molecule is CCOC(=O)c1cc(Br)c(CN2CC[C@@H](NC)C2)cc1N. The van der Waals surface area contributed by atoms with Gasteiger partial charge >= 0.3 is 5.97 Å². The van der Waals surface area contributed by atoms with E-state index in [0.717, 1.165) is 36.1 Å². The number of hydrogen-bond donors (Lipinski definition) is 2. The fraction of sp³-hybridized carbons (Fsp3) is 0.533. The molecule has 0 bridgehead atoms. The van der Waals surface area contributed by atoms with E-state index in [2.05, 4.69) is 26.1 Å². The zero-order valence-electron chi connectivity index (χ0n) is 12.5. The van der Waals surface area contributed by atoms with Crippen LogP contribution in [0.25, 0.3) is 0 Å². The second-order valence-corrected chi connectivity index (χ2v) is 6.12. The molecule has 3 N–H and O–H groups in total. The molecule has 0 unspecified atom stereocenters. The molecule has 1 aliphatic heterocycles. The van der Waals surface area contributed by atoms with E-state index in [4.69, 9.17) is 10.5 Å². The Morgan fingerprint density at radius 2 is 2.33 bits per heavy atom. The van der Waals surface area contributed by atoms with Crippen molar-refractivity contribution in [1.82, 2.24) is 10.2 Å². The third-order valence-electron chi connectivity index (χ3n) is 3.79. The number of anilines is 1. The Balaban J connectivity index is 2.11. The summed E-state index contributed by atoms with van der Waals surface area (Å²) in [6.45, 7) is 5.05. The zero-order valence-corrected chi connectivity index (χ0v) is 14.1. The monoisotopic (exact) mass is 355 g/mol. The largest absolute Gasteiger partial charge is 0.462 e. The molecule has 0 spiro atoms. The number of rotatable bonds is 5. The minimum Gasteiger partial charge on any atom is -0.462 e. The Bertz CT molecular complexity index is 522. The van der Waals surface area contributed by atoms with Crippen LogP contribution in [0.1, 0.15) is 29.3 Å². The number of carbonyl (C=O) groups is 1. The highest BCUT2D eigenvalue weighted by molar-refractivity contribution is 9.10. The molecule has 1 saturated heterocycles. The summed E-state index contributed by atoms with van der Waals surface area (Å²) < 4.78 is 5.90. The van der Waals surface area contributed by atoms with Crippen LogP contribution in [0.4, 0.5) is 5.69 Å². The number of nitrogens with one attached hydrogen (secondary N) is 1. The van der Waals surface area contributed by atoms with E-state index >= 15 is 0 Å². The van der Waals surface area contributed by atoms with Crippen LogP contribution in [0.5, 0.6) is 0 Å². The molecule has 1 aliphatic rings. The second kappa shape index (κ2) is 7.24. The fourth-order valence-corrected chi connectivity index (χ4v) is 3.07. The molecule has 1 atom stereocenters. The van der Waals surface area contributed by atoms with Crippen LogP contribution in [0, 0.1) is 0 Å². The summed E-state index contributed by atoms with van der Waals surface area (Å²) in [6.07, 6.45) is 1.16. The average molecular weight is 356 g/mol. The number of ether oxygens (including phenoxy) is 1. The highest BCUT2D eigenvalue weighted by Crippen LogP contribution is 2.26. The van der Waals surface area contributed by atoms with Gasteiger partial charge in [0.15, 0.2) is 0 Å². The number of nitrogens with two attached hydrogens (primary N) is 1. The van der Waals surface area contributed by atoms with Gasteiger partial charge in [-0.05, 0) is 38.1 Å². The van der Waals surface area contributed by atoms with Crippen molar-refractivity contribution in [3.8, 4) is 0 Å². The lowest BCUT2D eigenvalue weighted by Crippen LogP contribution is -2.29. The van der Waals surface area contributed by atoms with Crippen molar-refractivity contribution in [2.75, 3.05) is 32.5 Å². The van der Waals surface area contributed by atoms with Gasteiger partial charge in [-0.15, -0.1) is 0 Å². The van der Waals surface area contributed by atoms with Crippen molar-refractivity contribution in [3.63, 3.8) is 0 Å². The summed E-state index contributed by atoms with van der Waals surface area (Å²) in [7, 11) is 2.00. The van der Waals surface area contributed by atoms with Crippen LogP contribution >= 0.6 is 15.9 Å². The standard InChI is InChI=1S/C15H22BrN3O2/c1-3-21-15(20)12-7-13(16)10(6-14(12)17)8-19-5-4-11(9-19)18-2/h6-7,11,18H,3-5,8-9,17H2,1-2H3/t11-/m1/s1. The van der Waals surface area contributed by atoms with Crippen LogP contribution in [0.2, 0.25) is 0 Å². The van der Waals surface area contributed by atoms with Crippen molar-refractivity contribution < 1.29 is 9.53 Å². The zero-order chi connectivity index (χ0) is 15.4. The van der Waals surface area contributed by atoms with Gasteiger partial charge in [-0.3, -0.25) is 4.90 Å². The van der Waals surface area contributed by atoms with E-state index in [1.807, 2.05) is 13.1 Å². The molecule has 0 amide bonds. The summed E-state index contributed by atoms with van der Waals surface area (Å²) in [5.74, 6) is -0.376. The number of nitrogen functional groups attached to an aromatic ring is 1. The highest BCUT2D eigenvalue weighted by Gasteiger charge is 2.22. The number of hydrogen-bond acceptors (Lipinski definition) is 5. The Morgan fingerprint density at radius 1 is 1.57 bits per heavy atom. The van der Waals surface area contributed by atoms with Crippen LogP contribution in [-0.2, 0) is 11.3 Å². The quantitative estimate of drug-likeness (QED) is 0.624. The molecule has 0 aromatic heterocycles. The lowest BCUT2D eigenvalue weighted by atomic mass is 10.1. The lowest BCUT2D eigenvalue weighted by molar-refractivity contribution is 0.0527. The molecule has 0 radical (unpaired) electrons. The minimum atomic E-state index is -0.376. The van der Waals surface area contributed by atoms with Crippen molar-refractivity contribution in [2.24, 2.45) is 0 Å². The van der Waals surface area contributed by atoms with E-state index in [1.165, 1.54) is 0 Å². The molecule has 0 aliphatic carbocycles. The lowest BCUT2D eigenvalue weighted by Gasteiger charge is -2.18. The first-order chi connectivity index (χ1) is 10.0. The normalized spacial score (nSPS) is 18.9. The van der Waals surface area contributed by atoms with Crippen LogP contribution in [0.3, 0.4) is 0 Å². The molecular formula is C15H22BrN3O2. The number of likely N-dealkylation sites (tertiary alicyclic amines) is 1. The van der Waals surface area contributed by atoms with Crippen molar-refractivity contribution in [3.05, 3.63) is 27.7 Å². The first-order valence-corrected chi connectivity index (χ1v) is 7.99. The molecule has 1 aromatic carbocycles. The number of likely N-dealkylation sites (N-methyl/N-ethyl adjacent to an activating group) is 1. The van der Waals surface area contributed by atoms with E-state index in [-0.39, 0.29) is 5.97 Å². The maximum absolute atomic E-state index is 11.8. The van der Waals surface area contributed by atoms with Crippen LogP contribution in [-0.4, -0.2) is 43.7 Å². The molecule has 1 aromatic rings. The summed E-state index contributed by atoms with van der Waals surface area (Å²) >= 11 is 3.53. The molecule has 21 heavy (non-hydrogen) atoms. The smallest absolute Gasteiger partial charge is 0.340 e. The molecule has 6 heteroatoms. The minimum absolute atomic E-state index is 0.344. The first kappa shape index (κ1) is 16.3. The Labute approximate surface area is 134 Å². The molecular weight excluding hydrogens is 334 g/mol. The van der Waals surface area contributed by atoms with Gasteiger partial charge < -0.3 is 15.8 Å². The van der Waals surface area contributed by atoms with Crippen LogP contribution < -0.4 is 11.1 Å². The maximum Gasteiger partial charge on any atom is 0.340 e. The van der Waals surface area contributed by atoms with Gasteiger partial charge in [-0.25, -0.2) is 4.79 Å². The third kappa shape index (κ3) is 3.96. The summed E-state index contributed by atoms with van der Waals surface area (Å²) in [5, 5.41) is 3.30. The number of nitrogens with zero attached hydrogens (tertiary/aromatic N) is 1. The number of esters is 1. The topological polar surface area (TPSA) is 67.6 Å². The van der Waals surface area contributed by atoms with Gasteiger partial charge in [0.25, 0.3) is 0 Å². The van der Waals surface area contributed by atoms with Gasteiger partial charge in [0.1, 0.15) is 0 Å². The summed E-state index contributed by atoms with van der Waals surface area (Å²) in [5.41, 5.74) is 7.98. The Morgan fingerprint density at radius 3 is 2.95 bits per heavy atom. The Kier molecular flexibility index (Phi) is 5.61. The molecule has 0 saturated carbocycles. The predicted molar refractivity (Wildman–Crippen MR) is 87.3 cm³/mol. The first-order valence-electron chi connectivity index (χ1n) is 7.19. The van der Waals surface area contributed by atoms with Gasteiger partial charge in [0.05, 0.1) is 12.2 Å². The van der Waals surface area contributed by atoms with Gasteiger partial charge in [-0.2, -0.15) is 0 Å².